The number of fused-ring (bicyclic) bond motifs is 1. The lowest BCUT2D eigenvalue weighted by atomic mass is 10.1. The van der Waals surface area contributed by atoms with E-state index in [0.717, 1.165) is 5.69 Å². The zero-order valence-electron chi connectivity index (χ0n) is 26.7. The lowest BCUT2D eigenvalue weighted by Crippen LogP contribution is -2.30. The first-order valence-corrected chi connectivity index (χ1v) is 17.8. The van der Waals surface area contributed by atoms with Crippen molar-refractivity contribution in [2.24, 2.45) is 20.5 Å². The number of sulfonamides is 1. The number of nitrogens with one attached hydrogen (secondary N) is 1. The molecule has 248 valence electrons. The molecular formula is C34H34N6O6S2. The average molecular weight is 687 g/mol. The summed E-state index contributed by atoms with van der Waals surface area (Å²) in [5.41, 5.74) is 3.73. The van der Waals surface area contributed by atoms with Crippen LogP contribution >= 0.6 is 0 Å². The van der Waals surface area contributed by atoms with Gasteiger partial charge >= 0.3 is 0 Å². The van der Waals surface area contributed by atoms with E-state index in [4.69, 9.17) is 0 Å². The molecule has 0 saturated heterocycles. The maximum atomic E-state index is 12.8. The van der Waals surface area contributed by atoms with Gasteiger partial charge in [-0.1, -0.05) is 32.0 Å². The molecule has 12 nitrogen and oxygen atoms in total. The van der Waals surface area contributed by atoms with E-state index in [1.165, 1.54) is 22.5 Å². The molecule has 0 aliphatic rings. The third-order valence-electron chi connectivity index (χ3n) is 7.62. The van der Waals surface area contributed by atoms with E-state index in [1.54, 1.807) is 70.2 Å². The highest BCUT2D eigenvalue weighted by molar-refractivity contribution is 7.89. The summed E-state index contributed by atoms with van der Waals surface area (Å²) in [5.74, 6) is -0.453. The molecule has 3 N–H and O–H groups in total. The first-order chi connectivity index (χ1) is 22.8. The number of para-hydroxylation sites is 1. The predicted molar refractivity (Wildman–Crippen MR) is 186 cm³/mol. The number of rotatable bonds is 11. The van der Waals surface area contributed by atoms with Gasteiger partial charge in [-0.15, -0.1) is 5.11 Å². The number of hydrogen-bond donors (Lipinski definition) is 3. The Hall–Kier alpha value is -5.02. The molecule has 5 aromatic carbocycles. The summed E-state index contributed by atoms with van der Waals surface area (Å²) >= 11 is 0. The Morgan fingerprint density at radius 3 is 1.90 bits per heavy atom. The maximum Gasteiger partial charge on any atom is 0.296 e. The minimum Gasteiger partial charge on any atom is -0.505 e. The lowest BCUT2D eigenvalue weighted by molar-refractivity contribution is 0.445. The van der Waals surface area contributed by atoms with Crippen molar-refractivity contribution >= 4 is 65.0 Å². The molecule has 0 fully saturated rings. The number of benzene rings is 5. The van der Waals surface area contributed by atoms with Crippen molar-refractivity contribution in [2.45, 2.75) is 37.5 Å². The quantitative estimate of drug-likeness (QED) is 0.0918. The van der Waals surface area contributed by atoms with Gasteiger partial charge in [0.15, 0.2) is 5.75 Å². The Labute approximate surface area is 279 Å². The SMILES string of the molecule is CCN(CC)S(=O)(=O)c1ccc(/N=N/c2cc(C)c(/N=N/c3c(S(=O)(=O)O)cc4cc(Nc5ccccc5)ccc4c3O)cc2C)cc1. The van der Waals surface area contributed by atoms with Crippen LogP contribution in [0.1, 0.15) is 25.0 Å². The number of phenolic OH excluding ortho intramolecular Hbond substituents is 1. The normalized spacial score (nSPS) is 12.5. The third-order valence-corrected chi connectivity index (χ3v) is 10.5. The fraction of sp³-hybridized carbons (Fsp3) is 0.176. The summed E-state index contributed by atoms with van der Waals surface area (Å²) in [4.78, 5) is -0.421. The van der Waals surface area contributed by atoms with E-state index in [-0.39, 0.29) is 4.90 Å². The standard InChI is InChI=1S/C34H34N6O6S2/c1-5-40(6-2)47(42,43)28-15-12-26(13-16-28)36-37-30-18-23(4)31(19-22(30)3)38-39-33-32(48(44,45)46)21-24-20-27(14-17-29(24)34(33)41)35-25-10-8-7-9-11-25/h7-21,35,41H,5-6H2,1-4H3,(H,44,45,46)/b37-36+,39-38+. The second-order valence-electron chi connectivity index (χ2n) is 10.9. The van der Waals surface area contributed by atoms with E-state index in [2.05, 4.69) is 25.8 Å². The first kappa shape index (κ1) is 34.3. The summed E-state index contributed by atoms with van der Waals surface area (Å²) in [7, 11) is -8.39. The number of anilines is 2. The van der Waals surface area contributed by atoms with Gasteiger partial charge in [-0.25, -0.2) is 8.42 Å². The van der Waals surface area contributed by atoms with E-state index < -0.39 is 36.5 Å². The fourth-order valence-electron chi connectivity index (χ4n) is 5.02. The van der Waals surface area contributed by atoms with Gasteiger partial charge in [-0.3, -0.25) is 4.55 Å². The molecule has 0 saturated carbocycles. The maximum absolute atomic E-state index is 12.8. The molecule has 5 rings (SSSR count). The number of nitrogens with zero attached hydrogens (tertiary/aromatic N) is 5. The van der Waals surface area contributed by atoms with Crippen LogP contribution in [0.3, 0.4) is 0 Å². The molecule has 14 heteroatoms. The Balaban J connectivity index is 1.42. The highest BCUT2D eigenvalue weighted by atomic mass is 32.2. The van der Waals surface area contributed by atoms with E-state index in [0.29, 0.717) is 57.7 Å². The topological polar surface area (TPSA) is 173 Å². The predicted octanol–water partition coefficient (Wildman–Crippen LogP) is 9.01. The van der Waals surface area contributed by atoms with Crippen LogP contribution in [0.2, 0.25) is 0 Å². The molecule has 0 radical (unpaired) electrons. The van der Waals surface area contributed by atoms with Crippen molar-refractivity contribution in [1.82, 2.24) is 4.31 Å². The monoisotopic (exact) mass is 686 g/mol. The Morgan fingerprint density at radius 2 is 1.31 bits per heavy atom. The van der Waals surface area contributed by atoms with Crippen LogP contribution < -0.4 is 5.32 Å². The molecule has 0 heterocycles. The largest absolute Gasteiger partial charge is 0.505 e. The molecule has 0 unspecified atom stereocenters. The van der Waals surface area contributed by atoms with Crippen molar-refractivity contribution in [2.75, 3.05) is 18.4 Å². The van der Waals surface area contributed by atoms with E-state index in [9.17, 15) is 26.5 Å². The van der Waals surface area contributed by atoms with Crippen LogP contribution in [-0.4, -0.2) is 43.9 Å². The van der Waals surface area contributed by atoms with Crippen LogP contribution in [0.15, 0.2) is 121 Å². The summed E-state index contributed by atoms with van der Waals surface area (Å²) in [6.07, 6.45) is 0. The molecule has 0 atom stereocenters. The van der Waals surface area contributed by atoms with Crippen LogP contribution in [0.4, 0.5) is 34.1 Å². The zero-order chi connectivity index (χ0) is 34.6. The van der Waals surface area contributed by atoms with Gasteiger partial charge in [0, 0.05) is 29.9 Å². The molecule has 0 spiro atoms. The van der Waals surface area contributed by atoms with Gasteiger partial charge in [0.2, 0.25) is 10.0 Å². The summed E-state index contributed by atoms with van der Waals surface area (Å²) in [6, 6.07) is 25.2. The minimum absolute atomic E-state index is 0.173. The number of azo groups is 2. The van der Waals surface area contributed by atoms with Gasteiger partial charge in [0.1, 0.15) is 10.6 Å². The summed E-state index contributed by atoms with van der Waals surface area (Å²) in [5, 5.41) is 31.8. The number of hydrogen-bond acceptors (Lipinski definition) is 10. The van der Waals surface area contributed by atoms with Crippen molar-refractivity contribution < 1.29 is 26.5 Å². The first-order valence-electron chi connectivity index (χ1n) is 15.0. The molecule has 0 amide bonds. The smallest absolute Gasteiger partial charge is 0.296 e. The molecule has 48 heavy (non-hydrogen) atoms. The molecule has 5 aromatic rings. The zero-order valence-corrected chi connectivity index (χ0v) is 28.3. The molecule has 0 bridgehead atoms. The fourth-order valence-corrected chi connectivity index (χ4v) is 7.14. The second-order valence-corrected chi connectivity index (χ2v) is 14.2. The Bertz CT molecular complexity index is 2250. The minimum atomic E-state index is -4.80. The number of aryl methyl sites for hydroxylation is 2. The molecular weight excluding hydrogens is 653 g/mol. The van der Waals surface area contributed by atoms with Crippen molar-refractivity contribution in [3.8, 4) is 5.75 Å². The van der Waals surface area contributed by atoms with E-state index >= 15 is 0 Å². The van der Waals surface area contributed by atoms with Crippen molar-refractivity contribution in [3.05, 3.63) is 102 Å². The van der Waals surface area contributed by atoms with Crippen LogP contribution in [0, 0.1) is 13.8 Å². The van der Waals surface area contributed by atoms with Crippen molar-refractivity contribution in [3.63, 3.8) is 0 Å². The van der Waals surface area contributed by atoms with Gasteiger partial charge < -0.3 is 10.4 Å². The van der Waals surface area contributed by atoms with Crippen LogP contribution in [0.25, 0.3) is 10.8 Å². The number of phenols is 1. The Morgan fingerprint density at radius 1 is 0.708 bits per heavy atom. The van der Waals surface area contributed by atoms with Gasteiger partial charge in [0.25, 0.3) is 10.1 Å². The van der Waals surface area contributed by atoms with Crippen LogP contribution in [0.5, 0.6) is 5.75 Å². The van der Waals surface area contributed by atoms with Gasteiger partial charge in [-0.2, -0.15) is 28.1 Å². The molecule has 0 aliphatic heterocycles. The summed E-state index contributed by atoms with van der Waals surface area (Å²) < 4.78 is 61.7. The van der Waals surface area contributed by atoms with Crippen molar-refractivity contribution in [1.29, 1.82) is 0 Å². The Kier molecular flexibility index (Phi) is 10.0. The van der Waals surface area contributed by atoms with Gasteiger partial charge in [-0.05, 0) is 103 Å². The highest BCUT2D eigenvalue weighted by Gasteiger charge is 2.23. The number of aromatic hydroxyl groups is 1. The summed E-state index contributed by atoms with van der Waals surface area (Å²) in [6.45, 7) is 7.84. The highest BCUT2D eigenvalue weighted by Crippen LogP contribution is 2.43. The molecule has 0 aliphatic carbocycles. The second kappa shape index (κ2) is 14.0. The lowest BCUT2D eigenvalue weighted by Gasteiger charge is -2.18. The van der Waals surface area contributed by atoms with Crippen LogP contribution in [-0.2, 0) is 20.1 Å². The third kappa shape index (κ3) is 7.42. The molecule has 0 aromatic heterocycles. The van der Waals surface area contributed by atoms with E-state index in [1.807, 2.05) is 30.3 Å². The van der Waals surface area contributed by atoms with Gasteiger partial charge in [0.05, 0.1) is 22.0 Å². The average Bonchev–Trinajstić information content (AvgIpc) is 3.05.